The topological polar surface area (TPSA) is 77.4 Å². The van der Waals surface area contributed by atoms with Crippen LogP contribution in [0.1, 0.15) is 22.3 Å². The maximum atomic E-state index is 11.6. The predicted molar refractivity (Wildman–Crippen MR) is 157 cm³/mol. The Balaban J connectivity index is 1.46. The normalized spacial score (nSPS) is 22.7. The van der Waals surface area contributed by atoms with Gasteiger partial charge in [-0.2, -0.15) is 0 Å². The highest BCUT2D eigenvalue weighted by Crippen LogP contribution is 2.41. The summed E-state index contributed by atoms with van der Waals surface area (Å²) >= 11 is 0. The smallest absolute Gasteiger partial charge is 0.184 e. The Hall–Kier alpha value is -3.62. The summed E-state index contributed by atoms with van der Waals surface area (Å²) in [6, 6.07) is 39.6. The molecule has 4 aromatic carbocycles. The molecule has 5 atom stereocenters. The summed E-state index contributed by atoms with van der Waals surface area (Å²) < 4.78 is 24.8. The molecule has 0 bridgehead atoms. The minimum Gasteiger partial charge on any atom is -0.387 e. The van der Waals surface area contributed by atoms with Crippen molar-refractivity contribution in [3.63, 3.8) is 0 Å². The fourth-order valence-electron chi connectivity index (χ4n) is 5.34. The first-order chi connectivity index (χ1) is 20.1. The molecule has 4 aromatic rings. The maximum absolute atomic E-state index is 11.6. The monoisotopic (exact) mass is 552 g/mol. The number of benzene rings is 4. The Morgan fingerprint density at radius 2 is 1.17 bits per heavy atom. The molecule has 212 valence electrons. The van der Waals surface area contributed by atoms with Crippen LogP contribution < -0.4 is 0 Å². The number of hydrogen-bond acceptors (Lipinski definition) is 6. The van der Waals surface area contributed by atoms with Crippen LogP contribution in [-0.4, -0.2) is 54.1 Å². The summed E-state index contributed by atoms with van der Waals surface area (Å²) in [7, 11) is 0. The van der Waals surface area contributed by atoms with E-state index in [1.54, 1.807) is 6.08 Å². The van der Waals surface area contributed by atoms with Gasteiger partial charge in [-0.15, -0.1) is 6.58 Å². The molecule has 6 heteroatoms. The van der Waals surface area contributed by atoms with Crippen molar-refractivity contribution in [2.24, 2.45) is 0 Å². The minimum atomic E-state index is -1.34. The third-order valence-corrected chi connectivity index (χ3v) is 7.33. The minimum absolute atomic E-state index is 0.0315. The number of ether oxygens (including phenoxy) is 4. The molecule has 0 radical (unpaired) electrons. The van der Waals surface area contributed by atoms with Crippen LogP contribution in [0.2, 0.25) is 0 Å². The zero-order valence-electron chi connectivity index (χ0n) is 22.9. The second-order valence-corrected chi connectivity index (χ2v) is 9.99. The molecular formula is C35H36O6. The lowest BCUT2D eigenvalue weighted by Crippen LogP contribution is -2.60. The first kappa shape index (κ1) is 28.9. The fraction of sp³-hybridized carbons (Fsp3) is 0.257. The van der Waals surface area contributed by atoms with Crippen molar-refractivity contribution < 1.29 is 29.2 Å². The number of aliphatic hydroxyl groups is 2. The Morgan fingerprint density at radius 1 is 0.683 bits per heavy atom. The lowest BCUT2D eigenvalue weighted by molar-refractivity contribution is -0.307. The predicted octanol–water partition coefficient (Wildman–Crippen LogP) is 5.23. The molecule has 41 heavy (non-hydrogen) atoms. The lowest BCUT2D eigenvalue weighted by atomic mass is 9.80. The van der Waals surface area contributed by atoms with Crippen LogP contribution in [0.5, 0.6) is 0 Å². The fourth-order valence-corrected chi connectivity index (χ4v) is 5.34. The molecule has 5 rings (SSSR count). The molecule has 0 saturated carbocycles. The number of aliphatic hydroxyl groups excluding tert-OH is 2. The standard InChI is InChI=1S/C35H36O6/c1-2-23-38-33-32(39-24-26-15-7-3-8-16-26)31(36)30(41-34(33)37)25-40-35(27-17-9-4-10-18-27,28-19-11-5-12-20-28)29-21-13-6-14-22-29/h2-22,30-34,36-37H,1,23-25H2/t30-,31-,32+,33-,34-/m1/s1. The molecule has 0 amide bonds. The van der Waals surface area contributed by atoms with Crippen LogP contribution in [0.4, 0.5) is 0 Å². The summed E-state index contributed by atoms with van der Waals surface area (Å²) in [5.41, 5.74) is 2.70. The molecule has 0 spiro atoms. The van der Waals surface area contributed by atoms with Gasteiger partial charge in [0.15, 0.2) is 6.29 Å². The summed E-state index contributed by atoms with van der Waals surface area (Å²) in [6.07, 6.45) is -3.58. The van der Waals surface area contributed by atoms with Gasteiger partial charge in [-0.25, -0.2) is 0 Å². The number of rotatable bonds is 12. The molecule has 0 unspecified atom stereocenters. The van der Waals surface area contributed by atoms with Gasteiger partial charge in [0.2, 0.25) is 0 Å². The quantitative estimate of drug-likeness (QED) is 0.185. The van der Waals surface area contributed by atoms with Crippen molar-refractivity contribution in [2.45, 2.75) is 42.9 Å². The molecule has 1 aliphatic heterocycles. The summed E-state index contributed by atoms with van der Waals surface area (Å²) in [5.74, 6) is 0. The highest BCUT2D eigenvalue weighted by Gasteiger charge is 2.48. The van der Waals surface area contributed by atoms with E-state index >= 15 is 0 Å². The summed E-state index contributed by atoms with van der Waals surface area (Å²) in [4.78, 5) is 0. The molecular weight excluding hydrogens is 516 g/mol. The third kappa shape index (κ3) is 6.49. The highest BCUT2D eigenvalue weighted by molar-refractivity contribution is 5.47. The van der Waals surface area contributed by atoms with Crippen LogP contribution >= 0.6 is 0 Å². The highest BCUT2D eigenvalue weighted by atomic mass is 16.7. The lowest BCUT2D eigenvalue weighted by Gasteiger charge is -2.44. The zero-order valence-corrected chi connectivity index (χ0v) is 22.9. The Bertz CT molecular complexity index is 1240. The second kappa shape index (κ2) is 13.8. The van der Waals surface area contributed by atoms with E-state index in [-0.39, 0.29) is 19.8 Å². The summed E-state index contributed by atoms with van der Waals surface area (Å²) in [5, 5.41) is 22.6. The molecule has 1 aliphatic rings. The van der Waals surface area contributed by atoms with Gasteiger partial charge < -0.3 is 29.2 Å². The molecule has 1 fully saturated rings. The van der Waals surface area contributed by atoms with E-state index in [9.17, 15) is 10.2 Å². The van der Waals surface area contributed by atoms with Crippen LogP contribution in [0.25, 0.3) is 0 Å². The van der Waals surface area contributed by atoms with Gasteiger partial charge >= 0.3 is 0 Å². The van der Waals surface area contributed by atoms with Crippen LogP contribution in [0.15, 0.2) is 134 Å². The Labute approximate surface area is 241 Å². The van der Waals surface area contributed by atoms with E-state index in [4.69, 9.17) is 18.9 Å². The van der Waals surface area contributed by atoms with Crippen LogP contribution in [-0.2, 0) is 31.2 Å². The number of hydrogen-bond donors (Lipinski definition) is 2. The van der Waals surface area contributed by atoms with Gasteiger partial charge in [-0.3, -0.25) is 0 Å². The average molecular weight is 553 g/mol. The van der Waals surface area contributed by atoms with E-state index < -0.39 is 36.3 Å². The zero-order chi connectivity index (χ0) is 28.5. The average Bonchev–Trinajstić information content (AvgIpc) is 3.03. The first-order valence-corrected chi connectivity index (χ1v) is 13.8. The van der Waals surface area contributed by atoms with E-state index in [2.05, 4.69) is 6.58 Å². The van der Waals surface area contributed by atoms with Crippen molar-refractivity contribution in [2.75, 3.05) is 13.2 Å². The van der Waals surface area contributed by atoms with Gasteiger partial charge in [0, 0.05) is 0 Å². The molecule has 6 nitrogen and oxygen atoms in total. The molecule has 0 aromatic heterocycles. The van der Waals surface area contributed by atoms with Crippen LogP contribution in [0, 0.1) is 0 Å². The van der Waals surface area contributed by atoms with Gasteiger partial charge in [-0.05, 0) is 22.3 Å². The van der Waals surface area contributed by atoms with E-state index in [0.29, 0.717) is 0 Å². The van der Waals surface area contributed by atoms with Crippen molar-refractivity contribution >= 4 is 0 Å². The van der Waals surface area contributed by atoms with E-state index in [1.807, 2.05) is 121 Å². The molecule has 1 heterocycles. The third-order valence-electron chi connectivity index (χ3n) is 7.33. The van der Waals surface area contributed by atoms with Crippen molar-refractivity contribution in [1.82, 2.24) is 0 Å². The van der Waals surface area contributed by atoms with Crippen molar-refractivity contribution in [1.29, 1.82) is 0 Å². The van der Waals surface area contributed by atoms with Gasteiger partial charge in [0.05, 0.1) is 19.8 Å². The first-order valence-electron chi connectivity index (χ1n) is 13.8. The van der Waals surface area contributed by atoms with Crippen LogP contribution in [0.3, 0.4) is 0 Å². The SMILES string of the molecule is C=CCO[C@@H]1[C@@H](OCc2ccccc2)[C@H](O)[C@@H](COC(c2ccccc2)(c2ccccc2)c2ccccc2)O[C@H]1O. The molecule has 1 saturated heterocycles. The molecule has 2 N–H and O–H groups in total. The van der Waals surface area contributed by atoms with Gasteiger partial charge in [0.1, 0.15) is 30.0 Å². The maximum Gasteiger partial charge on any atom is 0.184 e. The largest absolute Gasteiger partial charge is 0.387 e. The Kier molecular flexibility index (Phi) is 9.75. The van der Waals surface area contributed by atoms with Crippen molar-refractivity contribution in [3.8, 4) is 0 Å². The van der Waals surface area contributed by atoms with Crippen molar-refractivity contribution in [3.05, 3.63) is 156 Å². The van der Waals surface area contributed by atoms with Gasteiger partial charge in [-0.1, -0.05) is 127 Å². The molecule has 0 aliphatic carbocycles. The summed E-state index contributed by atoms with van der Waals surface area (Å²) in [6.45, 7) is 4.07. The van der Waals surface area contributed by atoms with E-state index in [1.165, 1.54) is 0 Å². The Morgan fingerprint density at radius 3 is 1.66 bits per heavy atom. The van der Waals surface area contributed by atoms with E-state index in [0.717, 1.165) is 22.3 Å². The van der Waals surface area contributed by atoms with Gasteiger partial charge in [0.25, 0.3) is 0 Å². The second-order valence-electron chi connectivity index (χ2n) is 9.99.